The number of allylic oxidation sites excluding steroid dienone is 1. The summed E-state index contributed by atoms with van der Waals surface area (Å²) in [6.07, 6.45) is 1.97. The van der Waals surface area contributed by atoms with Gasteiger partial charge in [-0.3, -0.25) is 0 Å². The standard InChI is InChI=1S/C19H22Si/c1-6-16-11-7-9-13-18(16)20(4,5)19-14-10-8-12-17(19)15(2)3/h6-14H,1-2H2,3-5H3. The van der Waals surface area contributed by atoms with Crippen LogP contribution in [0.2, 0.25) is 13.1 Å². The van der Waals surface area contributed by atoms with Crippen molar-refractivity contribution >= 4 is 30.1 Å². The van der Waals surface area contributed by atoms with Crippen molar-refractivity contribution in [2.45, 2.75) is 20.0 Å². The molecule has 0 nitrogen and oxygen atoms in total. The smallest absolute Gasteiger partial charge is 0.0985 e. The average Bonchev–Trinajstić information content (AvgIpc) is 2.47. The van der Waals surface area contributed by atoms with Gasteiger partial charge in [-0.15, -0.1) is 0 Å². The molecule has 0 amide bonds. The Kier molecular flexibility index (Phi) is 4.10. The van der Waals surface area contributed by atoms with Crippen LogP contribution in [0.5, 0.6) is 0 Å². The Morgan fingerprint density at radius 3 is 2.10 bits per heavy atom. The second-order valence-corrected chi connectivity index (χ2v) is 10.1. The molecule has 102 valence electrons. The fourth-order valence-electron chi connectivity index (χ4n) is 2.79. The van der Waals surface area contributed by atoms with Gasteiger partial charge in [-0.1, -0.05) is 86.4 Å². The summed E-state index contributed by atoms with van der Waals surface area (Å²) in [5.41, 5.74) is 3.68. The van der Waals surface area contributed by atoms with E-state index in [0.29, 0.717) is 0 Å². The molecule has 0 unspecified atom stereocenters. The first kappa shape index (κ1) is 14.5. The third-order valence-electron chi connectivity index (χ3n) is 3.91. The summed E-state index contributed by atoms with van der Waals surface area (Å²) in [6, 6.07) is 17.3. The molecular weight excluding hydrogens is 256 g/mol. The van der Waals surface area contributed by atoms with E-state index in [-0.39, 0.29) is 0 Å². The Morgan fingerprint density at radius 2 is 1.50 bits per heavy atom. The largest absolute Gasteiger partial charge is 0.113 e. The topological polar surface area (TPSA) is 0 Å². The predicted octanol–water partition coefficient (Wildman–Crippen LogP) is 4.19. The molecular formula is C19H22Si. The molecule has 2 aromatic rings. The van der Waals surface area contributed by atoms with Gasteiger partial charge < -0.3 is 0 Å². The molecule has 0 heterocycles. The van der Waals surface area contributed by atoms with E-state index in [1.165, 1.54) is 21.5 Å². The van der Waals surface area contributed by atoms with Crippen molar-refractivity contribution in [2.24, 2.45) is 0 Å². The van der Waals surface area contributed by atoms with Crippen LogP contribution in [0.1, 0.15) is 18.1 Å². The van der Waals surface area contributed by atoms with Crippen molar-refractivity contribution in [3.8, 4) is 0 Å². The van der Waals surface area contributed by atoms with Crippen LogP contribution in [0.3, 0.4) is 0 Å². The summed E-state index contributed by atoms with van der Waals surface area (Å²) in [4.78, 5) is 0. The summed E-state index contributed by atoms with van der Waals surface area (Å²) in [6.45, 7) is 15.0. The molecule has 1 heteroatoms. The summed E-state index contributed by atoms with van der Waals surface area (Å²) >= 11 is 0. The zero-order valence-electron chi connectivity index (χ0n) is 12.6. The van der Waals surface area contributed by atoms with Crippen molar-refractivity contribution in [2.75, 3.05) is 0 Å². The first-order chi connectivity index (χ1) is 9.48. The predicted molar refractivity (Wildman–Crippen MR) is 94.4 cm³/mol. The van der Waals surface area contributed by atoms with Crippen molar-refractivity contribution in [3.05, 3.63) is 72.8 Å². The fraction of sp³-hybridized carbons (Fsp3) is 0.158. The zero-order valence-corrected chi connectivity index (χ0v) is 13.6. The van der Waals surface area contributed by atoms with Crippen molar-refractivity contribution in [1.82, 2.24) is 0 Å². The van der Waals surface area contributed by atoms with E-state index in [1.54, 1.807) is 0 Å². The highest BCUT2D eigenvalue weighted by Crippen LogP contribution is 2.16. The van der Waals surface area contributed by atoms with Crippen molar-refractivity contribution in [3.63, 3.8) is 0 Å². The molecule has 0 aliphatic carbocycles. The summed E-state index contributed by atoms with van der Waals surface area (Å²) in [5.74, 6) is 0. The number of hydrogen-bond donors (Lipinski definition) is 0. The third-order valence-corrected chi connectivity index (χ3v) is 7.50. The molecule has 0 aromatic heterocycles. The Morgan fingerprint density at radius 1 is 0.950 bits per heavy atom. The maximum absolute atomic E-state index is 4.14. The minimum atomic E-state index is -1.76. The molecule has 0 spiro atoms. The van der Waals surface area contributed by atoms with Crippen molar-refractivity contribution in [1.29, 1.82) is 0 Å². The fourth-order valence-corrected chi connectivity index (χ4v) is 5.98. The average molecular weight is 278 g/mol. The van der Waals surface area contributed by atoms with E-state index in [2.05, 4.69) is 81.7 Å². The molecule has 0 N–H and O–H groups in total. The monoisotopic (exact) mass is 278 g/mol. The minimum Gasteiger partial charge on any atom is -0.0985 e. The van der Waals surface area contributed by atoms with Gasteiger partial charge in [0.25, 0.3) is 0 Å². The molecule has 0 saturated carbocycles. The van der Waals surface area contributed by atoms with Gasteiger partial charge in [-0.2, -0.15) is 0 Å². The lowest BCUT2D eigenvalue weighted by Crippen LogP contribution is -2.55. The summed E-state index contributed by atoms with van der Waals surface area (Å²) in [5, 5.41) is 2.88. The highest BCUT2D eigenvalue weighted by molar-refractivity contribution is 7.01. The first-order valence-corrected chi connectivity index (χ1v) is 9.96. The van der Waals surface area contributed by atoms with Crippen LogP contribution < -0.4 is 10.4 Å². The van der Waals surface area contributed by atoms with Gasteiger partial charge >= 0.3 is 0 Å². The first-order valence-electron chi connectivity index (χ1n) is 6.96. The number of rotatable bonds is 4. The second kappa shape index (κ2) is 5.64. The van der Waals surface area contributed by atoms with Gasteiger partial charge in [-0.25, -0.2) is 0 Å². The normalized spacial score (nSPS) is 11.2. The Balaban J connectivity index is 2.66. The van der Waals surface area contributed by atoms with E-state index in [0.717, 1.165) is 5.57 Å². The van der Waals surface area contributed by atoms with Crippen LogP contribution in [0.25, 0.3) is 11.6 Å². The van der Waals surface area contributed by atoms with E-state index in [1.807, 2.05) is 6.08 Å². The lowest BCUT2D eigenvalue weighted by atomic mass is 10.1. The molecule has 0 aliphatic rings. The third kappa shape index (κ3) is 2.54. The Hall–Kier alpha value is -1.86. The molecule has 2 rings (SSSR count). The lowest BCUT2D eigenvalue weighted by molar-refractivity contribution is 1.58. The molecule has 0 saturated heterocycles. The van der Waals surface area contributed by atoms with Crippen LogP contribution in [0.15, 0.2) is 61.7 Å². The molecule has 0 fully saturated rings. The van der Waals surface area contributed by atoms with E-state index in [9.17, 15) is 0 Å². The van der Waals surface area contributed by atoms with Gasteiger partial charge in [0, 0.05) is 0 Å². The molecule has 0 bridgehead atoms. The van der Waals surface area contributed by atoms with Crippen LogP contribution >= 0.6 is 0 Å². The van der Waals surface area contributed by atoms with Gasteiger partial charge in [0.1, 0.15) is 8.07 Å². The molecule has 2 aromatic carbocycles. The van der Waals surface area contributed by atoms with E-state index < -0.39 is 8.07 Å². The van der Waals surface area contributed by atoms with Gasteiger partial charge in [0.2, 0.25) is 0 Å². The highest BCUT2D eigenvalue weighted by atomic mass is 28.3. The SMILES string of the molecule is C=Cc1ccccc1[Si](C)(C)c1ccccc1C(=C)C. The molecule has 0 radical (unpaired) electrons. The zero-order chi connectivity index (χ0) is 14.8. The molecule has 0 atom stereocenters. The minimum absolute atomic E-state index is 1.14. The highest BCUT2D eigenvalue weighted by Gasteiger charge is 2.29. The van der Waals surface area contributed by atoms with Crippen LogP contribution in [-0.2, 0) is 0 Å². The van der Waals surface area contributed by atoms with Crippen molar-refractivity contribution < 1.29 is 0 Å². The van der Waals surface area contributed by atoms with Crippen LogP contribution in [0.4, 0.5) is 0 Å². The second-order valence-electron chi connectivity index (χ2n) is 5.74. The summed E-state index contributed by atoms with van der Waals surface area (Å²) < 4.78 is 0. The molecule has 20 heavy (non-hydrogen) atoms. The lowest BCUT2D eigenvalue weighted by Gasteiger charge is -2.28. The molecule has 0 aliphatic heterocycles. The number of benzene rings is 2. The van der Waals surface area contributed by atoms with Crippen LogP contribution in [0, 0.1) is 0 Å². The van der Waals surface area contributed by atoms with E-state index >= 15 is 0 Å². The maximum Gasteiger partial charge on any atom is 0.113 e. The summed E-state index contributed by atoms with van der Waals surface area (Å²) in [7, 11) is -1.76. The quantitative estimate of drug-likeness (QED) is 0.736. The van der Waals surface area contributed by atoms with Crippen LogP contribution in [-0.4, -0.2) is 8.07 Å². The van der Waals surface area contributed by atoms with Gasteiger partial charge in [-0.05, 0) is 28.4 Å². The van der Waals surface area contributed by atoms with Gasteiger partial charge in [0.15, 0.2) is 0 Å². The van der Waals surface area contributed by atoms with E-state index in [4.69, 9.17) is 0 Å². The Bertz CT molecular complexity index is 650. The van der Waals surface area contributed by atoms with Gasteiger partial charge in [0.05, 0.1) is 0 Å². The number of hydrogen-bond acceptors (Lipinski definition) is 0. The Labute approximate surface area is 123 Å². The maximum atomic E-state index is 4.14.